The monoisotopic (exact) mass is 213 g/mol. The minimum absolute atomic E-state index is 0.592. The molecule has 0 aliphatic heterocycles. The summed E-state index contributed by atoms with van der Waals surface area (Å²) in [4.78, 5) is 0. The van der Waals surface area contributed by atoms with Crippen LogP contribution in [0.4, 0.5) is 0 Å². The van der Waals surface area contributed by atoms with Crippen molar-refractivity contribution in [1.82, 2.24) is 5.32 Å². The zero-order valence-electron chi connectivity index (χ0n) is 10.8. The van der Waals surface area contributed by atoms with Gasteiger partial charge in [-0.2, -0.15) is 0 Å². The molecule has 1 saturated carbocycles. The largest absolute Gasteiger partial charge is 0.383 e. The highest BCUT2D eigenvalue weighted by Gasteiger charge is 2.31. The summed E-state index contributed by atoms with van der Waals surface area (Å²) in [5.74, 6) is 1.71. The summed E-state index contributed by atoms with van der Waals surface area (Å²) in [6, 6.07) is 1.22. The predicted octanol–water partition coefficient (Wildman–Crippen LogP) is 2.83. The quantitative estimate of drug-likeness (QED) is 0.669. The molecule has 15 heavy (non-hydrogen) atoms. The number of methoxy groups -OCH3 is 1. The average molecular weight is 213 g/mol. The van der Waals surface area contributed by atoms with E-state index < -0.39 is 0 Å². The molecule has 3 atom stereocenters. The Balaban J connectivity index is 2.23. The highest BCUT2D eigenvalue weighted by atomic mass is 16.5. The fraction of sp³-hybridized carbons (Fsp3) is 1.00. The van der Waals surface area contributed by atoms with Crippen molar-refractivity contribution in [2.45, 2.75) is 58.5 Å². The van der Waals surface area contributed by atoms with Gasteiger partial charge in [-0.15, -0.1) is 0 Å². The smallest absolute Gasteiger partial charge is 0.0618 e. The summed E-state index contributed by atoms with van der Waals surface area (Å²) in [6.45, 7) is 7.78. The Morgan fingerprint density at radius 3 is 2.47 bits per heavy atom. The van der Waals surface area contributed by atoms with Crippen LogP contribution in [-0.2, 0) is 4.74 Å². The van der Waals surface area contributed by atoms with Crippen LogP contribution in [0.15, 0.2) is 0 Å². The Bertz CT molecular complexity index is 168. The van der Waals surface area contributed by atoms with Gasteiger partial charge in [0.15, 0.2) is 0 Å². The van der Waals surface area contributed by atoms with Gasteiger partial charge in [0.2, 0.25) is 0 Å². The van der Waals surface area contributed by atoms with Crippen LogP contribution in [0.3, 0.4) is 0 Å². The van der Waals surface area contributed by atoms with E-state index in [0.717, 1.165) is 18.4 Å². The molecule has 90 valence electrons. The summed E-state index contributed by atoms with van der Waals surface area (Å²) in [6.07, 6.45) is 5.34. The van der Waals surface area contributed by atoms with Crippen molar-refractivity contribution in [1.29, 1.82) is 0 Å². The molecule has 0 amide bonds. The Morgan fingerprint density at radius 1 is 1.33 bits per heavy atom. The highest BCUT2D eigenvalue weighted by molar-refractivity contribution is 4.87. The summed E-state index contributed by atoms with van der Waals surface area (Å²) in [5.41, 5.74) is 0. The van der Waals surface area contributed by atoms with Crippen molar-refractivity contribution in [3.63, 3.8) is 0 Å². The average Bonchev–Trinajstić information content (AvgIpc) is 3.00. The molecule has 2 nitrogen and oxygen atoms in total. The molecule has 0 heterocycles. The van der Waals surface area contributed by atoms with E-state index in [1.165, 1.54) is 25.7 Å². The molecule has 3 unspecified atom stereocenters. The SMILES string of the molecule is CCC(C)CC(C)NC(COC)C1CC1. The van der Waals surface area contributed by atoms with E-state index in [1.54, 1.807) is 7.11 Å². The second kappa shape index (κ2) is 6.49. The molecule has 0 aromatic heterocycles. The molecule has 1 aliphatic rings. The molecule has 0 radical (unpaired) electrons. The van der Waals surface area contributed by atoms with Crippen molar-refractivity contribution in [2.24, 2.45) is 11.8 Å². The van der Waals surface area contributed by atoms with Crippen LogP contribution in [0.1, 0.15) is 46.5 Å². The van der Waals surface area contributed by atoms with Crippen LogP contribution in [-0.4, -0.2) is 25.8 Å². The van der Waals surface area contributed by atoms with Gasteiger partial charge in [0.1, 0.15) is 0 Å². The number of hydrogen-bond acceptors (Lipinski definition) is 2. The fourth-order valence-corrected chi connectivity index (χ4v) is 2.20. The maximum Gasteiger partial charge on any atom is 0.0618 e. The minimum Gasteiger partial charge on any atom is -0.383 e. The fourth-order valence-electron chi connectivity index (χ4n) is 2.20. The van der Waals surface area contributed by atoms with Crippen LogP contribution < -0.4 is 5.32 Å². The Labute approximate surface area is 94.8 Å². The molecule has 1 aliphatic carbocycles. The topological polar surface area (TPSA) is 21.3 Å². The van der Waals surface area contributed by atoms with E-state index in [-0.39, 0.29) is 0 Å². The summed E-state index contributed by atoms with van der Waals surface area (Å²) in [5, 5.41) is 3.72. The molecule has 2 heteroatoms. The number of hydrogen-bond donors (Lipinski definition) is 1. The highest BCUT2D eigenvalue weighted by Crippen LogP contribution is 2.33. The lowest BCUT2D eigenvalue weighted by Crippen LogP contribution is -2.41. The van der Waals surface area contributed by atoms with E-state index in [4.69, 9.17) is 4.74 Å². The summed E-state index contributed by atoms with van der Waals surface area (Å²) >= 11 is 0. The molecule has 0 bridgehead atoms. The van der Waals surface area contributed by atoms with Crippen LogP contribution in [0, 0.1) is 11.8 Å². The second-order valence-corrected chi connectivity index (χ2v) is 5.22. The standard InChI is InChI=1S/C13H27NO/c1-5-10(2)8-11(3)14-13(9-15-4)12-6-7-12/h10-14H,5-9H2,1-4H3. The van der Waals surface area contributed by atoms with E-state index in [9.17, 15) is 0 Å². The van der Waals surface area contributed by atoms with Gasteiger partial charge in [0.25, 0.3) is 0 Å². The van der Waals surface area contributed by atoms with Crippen molar-refractivity contribution in [3.8, 4) is 0 Å². The molecule has 0 spiro atoms. The molecular weight excluding hydrogens is 186 g/mol. The van der Waals surface area contributed by atoms with E-state index in [0.29, 0.717) is 12.1 Å². The predicted molar refractivity (Wildman–Crippen MR) is 65.1 cm³/mol. The molecule has 0 aromatic carbocycles. The molecule has 1 rings (SSSR count). The first-order valence-corrected chi connectivity index (χ1v) is 6.42. The number of rotatable bonds is 8. The van der Waals surface area contributed by atoms with Gasteiger partial charge >= 0.3 is 0 Å². The number of nitrogens with one attached hydrogen (secondary N) is 1. The van der Waals surface area contributed by atoms with E-state index >= 15 is 0 Å². The van der Waals surface area contributed by atoms with Crippen molar-refractivity contribution >= 4 is 0 Å². The van der Waals surface area contributed by atoms with Gasteiger partial charge in [-0.25, -0.2) is 0 Å². The van der Waals surface area contributed by atoms with Crippen molar-refractivity contribution < 1.29 is 4.74 Å². The zero-order valence-corrected chi connectivity index (χ0v) is 10.8. The minimum atomic E-state index is 0.592. The molecule has 0 aromatic rings. The van der Waals surface area contributed by atoms with Gasteiger partial charge in [-0.05, 0) is 38.0 Å². The third-order valence-corrected chi connectivity index (χ3v) is 3.49. The Morgan fingerprint density at radius 2 is 2.00 bits per heavy atom. The normalized spacial score (nSPS) is 22.4. The van der Waals surface area contributed by atoms with Gasteiger partial charge < -0.3 is 10.1 Å². The first-order chi connectivity index (χ1) is 7.17. The maximum absolute atomic E-state index is 5.27. The van der Waals surface area contributed by atoms with Crippen LogP contribution in [0.25, 0.3) is 0 Å². The lowest BCUT2D eigenvalue weighted by atomic mass is 9.99. The third-order valence-electron chi connectivity index (χ3n) is 3.49. The zero-order chi connectivity index (χ0) is 11.3. The lowest BCUT2D eigenvalue weighted by Gasteiger charge is -2.24. The van der Waals surface area contributed by atoms with Crippen molar-refractivity contribution in [2.75, 3.05) is 13.7 Å². The molecule has 1 fully saturated rings. The van der Waals surface area contributed by atoms with Gasteiger partial charge in [-0.3, -0.25) is 0 Å². The van der Waals surface area contributed by atoms with Gasteiger partial charge in [-0.1, -0.05) is 20.3 Å². The van der Waals surface area contributed by atoms with Gasteiger partial charge in [0.05, 0.1) is 6.61 Å². The lowest BCUT2D eigenvalue weighted by molar-refractivity contribution is 0.150. The third kappa shape index (κ3) is 4.98. The van der Waals surface area contributed by atoms with Gasteiger partial charge in [0, 0.05) is 19.2 Å². The van der Waals surface area contributed by atoms with E-state index in [1.807, 2.05) is 0 Å². The molecule has 0 saturated heterocycles. The van der Waals surface area contributed by atoms with Crippen molar-refractivity contribution in [3.05, 3.63) is 0 Å². The molecule has 1 N–H and O–H groups in total. The van der Waals surface area contributed by atoms with Crippen LogP contribution >= 0.6 is 0 Å². The molecular formula is C13H27NO. The maximum atomic E-state index is 5.27. The Hall–Kier alpha value is -0.0800. The van der Waals surface area contributed by atoms with Crippen LogP contribution in [0.5, 0.6) is 0 Å². The first kappa shape index (κ1) is 13.0. The van der Waals surface area contributed by atoms with Crippen LogP contribution in [0.2, 0.25) is 0 Å². The van der Waals surface area contributed by atoms with E-state index in [2.05, 4.69) is 26.1 Å². The second-order valence-electron chi connectivity index (χ2n) is 5.22. The summed E-state index contributed by atoms with van der Waals surface area (Å²) < 4.78 is 5.27. The number of ether oxygens (including phenoxy) is 1. The first-order valence-electron chi connectivity index (χ1n) is 6.42. The summed E-state index contributed by atoms with van der Waals surface area (Å²) in [7, 11) is 1.80. The Kier molecular flexibility index (Phi) is 5.62.